The number of nitriles is 1. The Balaban J connectivity index is 1.34. The van der Waals surface area contributed by atoms with Gasteiger partial charge in [0.2, 0.25) is 0 Å². The van der Waals surface area contributed by atoms with Crippen molar-refractivity contribution in [2.75, 3.05) is 11.9 Å². The first kappa shape index (κ1) is 27.5. The van der Waals surface area contributed by atoms with Crippen LogP contribution in [0.3, 0.4) is 0 Å². The SMILES string of the molecule is N#C/C(=C\c1cc([N+](=O)[O-])ccc1OCC(=O)Nc1nccs1)c1nc(-c2cc3c(ccc4ccccc43)oc2=O)cs1. The van der Waals surface area contributed by atoms with E-state index in [4.69, 9.17) is 9.15 Å². The highest BCUT2D eigenvalue weighted by Gasteiger charge is 2.17. The molecule has 0 unspecified atom stereocenters. The summed E-state index contributed by atoms with van der Waals surface area (Å²) in [6, 6.07) is 19.0. The predicted molar refractivity (Wildman–Crippen MR) is 164 cm³/mol. The lowest BCUT2D eigenvalue weighted by atomic mass is 10.0. The molecule has 11 nitrogen and oxygen atoms in total. The van der Waals surface area contributed by atoms with E-state index in [0.29, 0.717) is 16.4 Å². The lowest BCUT2D eigenvalue weighted by molar-refractivity contribution is -0.384. The fourth-order valence-corrected chi connectivity index (χ4v) is 5.68. The van der Waals surface area contributed by atoms with Gasteiger partial charge in [0, 0.05) is 40.0 Å². The summed E-state index contributed by atoms with van der Waals surface area (Å²) in [6.45, 7) is -0.395. The van der Waals surface area contributed by atoms with Crippen molar-refractivity contribution in [1.82, 2.24) is 9.97 Å². The molecule has 3 aromatic carbocycles. The first-order valence-electron chi connectivity index (χ1n) is 12.5. The van der Waals surface area contributed by atoms with E-state index in [1.54, 1.807) is 29.1 Å². The Morgan fingerprint density at radius 2 is 2.00 bits per heavy atom. The molecule has 0 aliphatic rings. The van der Waals surface area contributed by atoms with Gasteiger partial charge < -0.3 is 9.15 Å². The standard InChI is InChI=1S/C30H17N5O6S2/c31-14-19(11-18-12-20(35(38)39)6-8-25(18)40-15-27(36)34-30-32-9-10-42-30)28-33-24(16-43-28)23-13-22-21-4-2-1-3-17(21)5-7-26(22)41-29(23)37/h1-13,16H,15H2,(H,32,34,36)/b19-11+. The zero-order valence-corrected chi connectivity index (χ0v) is 23.5. The van der Waals surface area contributed by atoms with Gasteiger partial charge >= 0.3 is 5.63 Å². The first-order chi connectivity index (χ1) is 20.9. The number of ether oxygens (including phenoxy) is 1. The van der Waals surface area contributed by atoms with Crippen LogP contribution in [0.2, 0.25) is 0 Å². The van der Waals surface area contributed by atoms with Crippen LogP contribution in [0.25, 0.3) is 44.6 Å². The average Bonchev–Trinajstić information content (AvgIpc) is 3.71. The molecule has 210 valence electrons. The van der Waals surface area contributed by atoms with Crippen LogP contribution in [0.4, 0.5) is 10.8 Å². The number of hydrogen-bond acceptors (Lipinski definition) is 11. The number of nitro benzene ring substituents is 1. The Morgan fingerprint density at radius 1 is 1.14 bits per heavy atom. The Bertz CT molecular complexity index is 2160. The molecule has 0 spiro atoms. The van der Waals surface area contributed by atoms with Crippen molar-refractivity contribution in [3.05, 3.63) is 109 Å². The number of rotatable bonds is 8. The van der Waals surface area contributed by atoms with Gasteiger partial charge in [0.1, 0.15) is 22.4 Å². The molecule has 0 aliphatic heterocycles. The second-order valence-corrected chi connectivity index (χ2v) is 10.8. The molecule has 1 N–H and O–H groups in total. The molecule has 3 aromatic heterocycles. The third-order valence-electron chi connectivity index (χ3n) is 6.31. The summed E-state index contributed by atoms with van der Waals surface area (Å²) in [5.74, 6) is -0.332. The molecule has 13 heteroatoms. The maximum atomic E-state index is 12.9. The molecule has 43 heavy (non-hydrogen) atoms. The van der Waals surface area contributed by atoms with Crippen LogP contribution in [-0.2, 0) is 4.79 Å². The number of thiazole rings is 2. The number of nitro groups is 1. The van der Waals surface area contributed by atoms with Crippen LogP contribution in [0.1, 0.15) is 10.6 Å². The Hall–Kier alpha value is -5.71. The van der Waals surface area contributed by atoms with Crippen molar-refractivity contribution < 1.29 is 18.9 Å². The third kappa shape index (κ3) is 5.73. The molecular weight excluding hydrogens is 590 g/mol. The fraction of sp³-hybridized carbons (Fsp3) is 0.0333. The molecule has 0 fully saturated rings. The van der Waals surface area contributed by atoms with E-state index in [0.717, 1.165) is 27.5 Å². The van der Waals surface area contributed by atoms with Crippen LogP contribution in [0.15, 0.2) is 86.8 Å². The maximum Gasteiger partial charge on any atom is 0.345 e. The van der Waals surface area contributed by atoms with E-state index in [9.17, 15) is 25.0 Å². The Kier molecular flexibility index (Phi) is 7.44. The fourth-order valence-electron chi connectivity index (χ4n) is 4.35. The number of allylic oxidation sites excluding steroid dienone is 1. The minimum Gasteiger partial charge on any atom is -0.483 e. The van der Waals surface area contributed by atoms with Crippen molar-refractivity contribution in [2.24, 2.45) is 0 Å². The second kappa shape index (κ2) is 11.6. The van der Waals surface area contributed by atoms with Gasteiger partial charge in [-0.05, 0) is 35.0 Å². The first-order valence-corrected chi connectivity index (χ1v) is 14.3. The van der Waals surface area contributed by atoms with Gasteiger partial charge in [-0.3, -0.25) is 20.2 Å². The molecule has 3 heterocycles. The maximum absolute atomic E-state index is 12.9. The number of nitrogens with one attached hydrogen (secondary N) is 1. The van der Waals surface area contributed by atoms with E-state index >= 15 is 0 Å². The zero-order chi connectivity index (χ0) is 29.9. The van der Waals surface area contributed by atoms with Crippen molar-refractivity contribution in [3.63, 3.8) is 0 Å². The highest BCUT2D eigenvalue weighted by molar-refractivity contribution is 7.13. The smallest absolute Gasteiger partial charge is 0.345 e. The highest BCUT2D eigenvalue weighted by Crippen LogP contribution is 2.32. The quantitative estimate of drug-likeness (QED) is 0.0668. The molecule has 0 radical (unpaired) electrons. The van der Waals surface area contributed by atoms with Gasteiger partial charge in [-0.25, -0.2) is 14.8 Å². The average molecular weight is 608 g/mol. The molecular formula is C30H17N5O6S2. The lowest BCUT2D eigenvalue weighted by Gasteiger charge is -2.09. The van der Waals surface area contributed by atoms with Crippen LogP contribution < -0.4 is 15.7 Å². The largest absolute Gasteiger partial charge is 0.483 e. The van der Waals surface area contributed by atoms with Gasteiger partial charge in [-0.1, -0.05) is 30.3 Å². The summed E-state index contributed by atoms with van der Waals surface area (Å²) in [6.07, 6.45) is 2.93. The normalized spacial score (nSPS) is 11.4. The topological polar surface area (TPSA) is 161 Å². The number of carbonyl (C=O) groups excluding carboxylic acids is 1. The van der Waals surface area contributed by atoms with Gasteiger partial charge in [0.05, 0.1) is 21.8 Å². The van der Waals surface area contributed by atoms with Crippen LogP contribution >= 0.6 is 22.7 Å². The number of benzene rings is 3. The summed E-state index contributed by atoms with van der Waals surface area (Å²) in [5, 5.41) is 30.7. The van der Waals surface area contributed by atoms with Gasteiger partial charge in [0.25, 0.3) is 11.6 Å². The van der Waals surface area contributed by atoms with Crippen molar-refractivity contribution in [2.45, 2.75) is 0 Å². The van der Waals surface area contributed by atoms with Crippen LogP contribution in [0, 0.1) is 21.4 Å². The van der Waals surface area contributed by atoms with Crippen molar-refractivity contribution >= 4 is 72.8 Å². The van der Waals surface area contributed by atoms with E-state index < -0.39 is 23.1 Å². The van der Waals surface area contributed by atoms with Crippen LogP contribution in [-0.4, -0.2) is 27.4 Å². The summed E-state index contributed by atoms with van der Waals surface area (Å²) in [4.78, 5) is 44.6. The zero-order valence-electron chi connectivity index (χ0n) is 21.8. The number of carbonyl (C=O) groups is 1. The highest BCUT2D eigenvalue weighted by atomic mass is 32.1. The molecule has 0 saturated heterocycles. The number of aromatic nitrogens is 2. The number of anilines is 1. The second-order valence-electron chi connectivity index (χ2n) is 9.01. The molecule has 0 atom stereocenters. The van der Waals surface area contributed by atoms with E-state index in [1.165, 1.54) is 35.6 Å². The van der Waals surface area contributed by atoms with E-state index in [1.807, 2.05) is 30.3 Å². The van der Waals surface area contributed by atoms with Gasteiger partial charge in [-0.15, -0.1) is 22.7 Å². The number of hydrogen-bond donors (Lipinski definition) is 1. The molecule has 0 aliphatic carbocycles. The molecule has 6 rings (SSSR count). The molecule has 1 amide bonds. The summed E-state index contributed by atoms with van der Waals surface area (Å²) in [7, 11) is 0. The number of non-ortho nitro benzene ring substituents is 1. The summed E-state index contributed by atoms with van der Waals surface area (Å²) < 4.78 is 11.2. The molecule has 0 saturated carbocycles. The Labute approximate surface area is 250 Å². The third-order valence-corrected chi connectivity index (χ3v) is 7.88. The van der Waals surface area contributed by atoms with Gasteiger partial charge in [0.15, 0.2) is 11.7 Å². The minimum atomic E-state index is -0.577. The monoisotopic (exact) mass is 607 g/mol. The van der Waals surface area contributed by atoms with Crippen molar-refractivity contribution in [3.8, 4) is 23.1 Å². The molecule has 0 bridgehead atoms. The van der Waals surface area contributed by atoms with E-state index in [-0.39, 0.29) is 33.1 Å². The number of fused-ring (bicyclic) bond motifs is 3. The summed E-state index contributed by atoms with van der Waals surface area (Å²) in [5.41, 5.74) is 0.453. The van der Waals surface area contributed by atoms with Gasteiger partial charge in [-0.2, -0.15) is 5.26 Å². The van der Waals surface area contributed by atoms with E-state index in [2.05, 4.69) is 21.4 Å². The molecule has 6 aromatic rings. The van der Waals surface area contributed by atoms with Crippen LogP contribution in [0.5, 0.6) is 5.75 Å². The number of amides is 1. The summed E-state index contributed by atoms with van der Waals surface area (Å²) >= 11 is 2.37. The van der Waals surface area contributed by atoms with Crippen molar-refractivity contribution in [1.29, 1.82) is 5.26 Å². The minimum absolute atomic E-state index is 0.0736. The Morgan fingerprint density at radius 3 is 2.79 bits per heavy atom. The predicted octanol–water partition coefficient (Wildman–Crippen LogP) is 6.52. The lowest BCUT2D eigenvalue weighted by Crippen LogP contribution is -2.20. The number of nitrogens with zero attached hydrogens (tertiary/aromatic N) is 4.